The number of nitrogens with zero attached hydrogens (tertiary/aromatic N) is 1. The van der Waals surface area contributed by atoms with Crippen LogP contribution in [0, 0.1) is 0 Å². The van der Waals surface area contributed by atoms with E-state index in [0.29, 0.717) is 26.2 Å². The van der Waals surface area contributed by atoms with Gasteiger partial charge in [0.15, 0.2) is 0 Å². The zero-order chi connectivity index (χ0) is 13.3. The van der Waals surface area contributed by atoms with Gasteiger partial charge in [0.1, 0.15) is 0 Å². The predicted molar refractivity (Wildman–Crippen MR) is 66.9 cm³/mol. The maximum atomic E-state index is 12.1. The lowest BCUT2D eigenvalue weighted by Gasteiger charge is -2.39. The van der Waals surface area contributed by atoms with Crippen LogP contribution < -0.4 is 10.0 Å². The summed E-state index contributed by atoms with van der Waals surface area (Å²) in [7, 11) is -3.54. The molecule has 6 nitrogen and oxygen atoms in total. The van der Waals surface area contributed by atoms with Crippen LogP contribution in [0.25, 0.3) is 0 Å². The first-order valence-electron chi connectivity index (χ1n) is 5.78. The third kappa shape index (κ3) is 3.62. The molecule has 17 heavy (non-hydrogen) atoms. The van der Waals surface area contributed by atoms with Crippen molar-refractivity contribution in [2.24, 2.45) is 0 Å². The average molecular weight is 265 g/mol. The van der Waals surface area contributed by atoms with E-state index in [9.17, 15) is 13.5 Å². The third-order valence-corrected chi connectivity index (χ3v) is 5.14. The Morgan fingerprint density at radius 3 is 2.06 bits per heavy atom. The molecule has 1 aliphatic heterocycles. The second kappa shape index (κ2) is 4.81. The van der Waals surface area contributed by atoms with E-state index in [2.05, 4.69) is 10.0 Å². The van der Waals surface area contributed by atoms with E-state index in [4.69, 9.17) is 0 Å². The molecule has 0 aromatic rings. The first-order chi connectivity index (χ1) is 7.56. The summed E-state index contributed by atoms with van der Waals surface area (Å²) < 4.78 is 28.2. The quantitative estimate of drug-likeness (QED) is 0.626. The van der Waals surface area contributed by atoms with Gasteiger partial charge in [0.25, 0.3) is 10.2 Å². The van der Waals surface area contributed by atoms with Crippen molar-refractivity contribution < 1.29 is 13.5 Å². The summed E-state index contributed by atoms with van der Waals surface area (Å²) in [6.45, 7) is 8.75. The Labute approximate surface area is 104 Å². The zero-order valence-corrected chi connectivity index (χ0v) is 11.8. The van der Waals surface area contributed by atoms with Gasteiger partial charge in [-0.05, 0) is 27.7 Å². The predicted octanol–water partition coefficient (Wildman–Crippen LogP) is -0.724. The number of nitrogens with one attached hydrogen (secondary N) is 2. The van der Waals surface area contributed by atoms with Gasteiger partial charge in [0, 0.05) is 26.2 Å². The van der Waals surface area contributed by atoms with Gasteiger partial charge in [-0.15, -0.1) is 0 Å². The Morgan fingerprint density at radius 2 is 1.65 bits per heavy atom. The molecule has 0 aromatic carbocycles. The Kier molecular flexibility index (Phi) is 4.20. The van der Waals surface area contributed by atoms with E-state index in [-0.39, 0.29) is 0 Å². The Hall–Kier alpha value is -0.210. The van der Waals surface area contributed by atoms with E-state index < -0.39 is 21.3 Å². The van der Waals surface area contributed by atoms with Gasteiger partial charge in [0.2, 0.25) is 0 Å². The molecule has 0 aliphatic carbocycles. The van der Waals surface area contributed by atoms with Crippen LogP contribution in [-0.2, 0) is 10.2 Å². The molecule has 0 radical (unpaired) electrons. The van der Waals surface area contributed by atoms with Crippen LogP contribution in [-0.4, -0.2) is 55.1 Å². The summed E-state index contributed by atoms with van der Waals surface area (Å²) >= 11 is 0. The molecule has 0 bridgehead atoms. The molecule has 0 saturated carbocycles. The van der Waals surface area contributed by atoms with Crippen molar-refractivity contribution in [1.82, 2.24) is 14.3 Å². The molecule has 1 saturated heterocycles. The van der Waals surface area contributed by atoms with Gasteiger partial charge in [-0.1, -0.05) is 0 Å². The van der Waals surface area contributed by atoms with E-state index >= 15 is 0 Å². The highest BCUT2D eigenvalue weighted by Crippen LogP contribution is 2.22. The van der Waals surface area contributed by atoms with E-state index in [1.807, 2.05) is 0 Å². The van der Waals surface area contributed by atoms with Crippen molar-refractivity contribution in [3.8, 4) is 0 Å². The average Bonchev–Trinajstić information content (AvgIpc) is 2.15. The normalized spacial score (nSPS) is 20.5. The lowest BCUT2D eigenvalue weighted by atomic mass is 9.87. The van der Waals surface area contributed by atoms with Gasteiger partial charge >= 0.3 is 0 Å². The maximum Gasteiger partial charge on any atom is 0.280 e. The highest BCUT2D eigenvalue weighted by Gasteiger charge is 2.40. The molecule has 0 unspecified atom stereocenters. The molecule has 0 spiro atoms. The number of hydrogen-bond acceptors (Lipinski definition) is 4. The van der Waals surface area contributed by atoms with Gasteiger partial charge in [-0.3, -0.25) is 0 Å². The van der Waals surface area contributed by atoms with Gasteiger partial charge < -0.3 is 10.4 Å². The first kappa shape index (κ1) is 14.8. The molecular formula is C10H23N3O3S. The highest BCUT2D eigenvalue weighted by molar-refractivity contribution is 7.87. The fourth-order valence-corrected chi connectivity index (χ4v) is 3.08. The standard InChI is InChI=1S/C10H23N3O3S/c1-9(2,10(3,4)14)12-17(15,16)13-7-5-11-6-8-13/h11-12,14H,5-8H2,1-4H3. The summed E-state index contributed by atoms with van der Waals surface area (Å²) in [5.74, 6) is 0. The summed E-state index contributed by atoms with van der Waals surface area (Å²) in [5.41, 5.74) is -2.05. The van der Waals surface area contributed by atoms with Crippen molar-refractivity contribution in [3.05, 3.63) is 0 Å². The van der Waals surface area contributed by atoms with Crippen LogP contribution in [0.4, 0.5) is 0 Å². The van der Waals surface area contributed by atoms with Crippen LogP contribution in [0.2, 0.25) is 0 Å². The summed E-state index contributed by atoms with van der Waals surface area (Å²) in [4.78, 5) is 0. The fraction of sp³-hybridized carbons (Fsp3) is 1.00. The van der Waals surface area contributed by atoms with Crippen LogP contribution in [0.5, 0.6) is 0 Å². The van der Waals surface area contributed by atoms with Gasteiger partial charge in [-0.25, -0.2) is 0 Å². The molecule has 1 aliphatic rings. The fourth-order valence-electron chi connectivity index (χ4n) is 1.40. The monoisotopic (exact) mass is 265 g/mol. The summed E-state index contributed by atoms with van der Waals surface area (Å²) in [6, 6.07) is 0. The molecular weight excluding hydrogens is 242 g/mol. The molecule has 102 valence electrons. The number of hydrogen-bond donors (Lipinski definition) is 3. The summed E-state index contributed by atoms with van der Waals surface area (Å²) in [5, 5.41) is 13.0. The minimum Gasteiger partial charge on any atom is -0.389 e. The van der Waals surface area contributed by atoms with Gasteiger partial charge in [0.05, 0.1) is 11.1 Å². The Bertz CT molecular complexity index is 353. The highest BCUT2D eigenvalue weighted by atomic mass is 32.2. The molecule has 1 heterocycles. The lowest BCUT2D eigenvalue weighted by molar-refractivity contribution is 0.00559. The molecule has 0 atom stereocenters. The van der Waals surface area contributed by atoms with Crippen molar-refractivity contribution in [2.75, 3.05) is 26.2 Å². The Morgan fingerprint density at radius 1 is 1.18 bits per heavy atom. The van der Waals surface area contributed by atoms with Crippen LogP contribution in [0.3, 0.4) is 0 Å². The molecule has 0 aromatic heterocycles. The van der Waals surface area contributed by atoms with Crippen molar-refractivity contribution in [2.45, 2.75) is 38.8 Å². The van der Waals surface area contributed by atoms with E-state index in [1.54, 1.807) is 27.7 Å². The van der Waals surface area contributed by atoms with E-state index in [1.165, 1.54) is 4.31 Å². The SMILES string of the molecule is CC(C)(O)C(C)(C)NS(=O)(=O)N1CCNCC1. The number of aliphatic hydroxyl groups is 1. The van der Waals surface area contributed by atoms with Gasteiger partial charge in [-0.2, -0.15) is 17.4 Å². The second-order valence-electron chi connectivity index (χ2n) is 5.44. The topological polar surface area (TPSA) is 81.7 Å². The molecule has 1 rings (SSSR count). The van der Waals surface area contributed by atoms with Crippen LogP contribution in [0.15, 0.2) is 0 Å². The minimum atomic E-state index is -3.54. The minimum absolute atomic E-state index is 0.456. The van der Waals surface area contributed by atoms with Crippen LogP contribution in [0.1, 0.15) is 27.7 Å². The summed E-state index contributed by atoms with van der Waals surface area (Å²) in [6.07, 6.45) is 0. The van der Waals surface area contributed by atoms with Crippen molar-refractivity contribution in [1.29, 1.82) is 0 Å². The molecule has 3 N–H and O–H groups in total. The Balaban J connectivity index is 2.79. The number of rotatable bonds is 4. The smallest absolute Gasteiger partial charge is 0.280 e. The molecule has 7 heteroatoms. The lowest BCUT2D eigenvalue weighted by Crippen LogP contribution is -2.62. The van der Waals surface area contributed by atoms with Crippen molar-refractivity contribution >= 4 is 10.2 Å². The van der Waals surface area contributed by atoms with Crippen LogP contribution >= 0.6 is 0 Å². The molecule has 1 fully saturated rings. The number of piperazine rings is 1. The zero-order valence-electron chi connectivity index (χ0n) is 10.9. The first-order valence-corrected chi connectivity index (χ1v) is 7.22. The largest absolute Gasteiger partial charge is 0.389 e. The second-order valence-corrected chi connectivity index (χ2v) is 7.11. The maximum absolute atomic E-state index is 12.1. The molecule has 0 amide bonds. The van der Waals surface area contributed by atoms with Crippen molar-refractivity contribution in [3.63, 3.8) is 0 Å². The third-order valence-electron chi connectivity index (χ3n) is 3.33. The van der Waals surface area contributed by atoms with E-state index in [0.717, 1.165) is 0 Å².